The number of thioether (sulfide) groups is 1. The van der Waals surface area contributed by atoms with E-state index in [1.165, 1.54) is 24.3 Å². The molecule has 1 rings (SSSR count). The van der Waals surface area contributed by atoms with Crippen molar-refractivity contribution < 1.29 is 23.1 Å². The normalized spacial score (nSPS) is 13.1. The highest BCUT2D eigenvalue weighted by atomic mass is 32.2. The third kappa shape index (κ3) is 6.29. The van der Waals surface area contributed by atoms with Gasteiger partial charge in [-0.05, 0) is 43.7 Å². The number of hydrogen-bond donors (Lipinski definition) is 2. The lowest BCUT2D eigenvalue weighted by Crippen LogP contribution is -2.25. The summed E-state index contributed by atoms with van der Waals surface area (Å²) in [6.07, 6.45) is 0.636. The molecular weight excluding hydrogens is 291 g/mol. The van der Waals surface area contributed by atoms with E-state index < -0.39 is 17.5 Å². The van der Waals surface area contributed by atoms with Crippen LogP contribution in [0, 0.1) is 0 Å². The molecule has 0 saturated heterocycles. The van der Waals surface area contributed by atoms with Crippen LogP contribution in [0.3, 0.4) is 0 Å². The number of rotatable bonds is 6. The Bertz CT molecular complexity index is 449. The summed E-state index contributed by atoms with van der Waals surface area (Å²) in [7, 11) is 0. The molecule has 2 N–H and O–H groups in total. The fraction of sp³-hybridized carbons (Fsp3) is 0.462. The van der Waals surface area contributed by atoms with E-state index in [4.69, 9.17) is 5.11 Å². The van der Waals surface area contributed by atoms with Crippen LogP contribution in [-0.2, 0) is 0 Å². The molecule has 1 atom stereocenters. The minimum atomic E-state index is -4.43. The summed E-state index contributed by atoms with van der Waals surface area (Å²) in [6.45, 7) is 1.95. The van der Waals surface area contributed by atoms with Crippen LogP contribution < -0.4 is 5.32 Å². The number of nitrogens with one attached hydrogen (secondary N) is 1. The molecule has 20 heavy (non-hydrogen) atoms. The zero-order valence-electron chi connectivity index (χ0n) is 10.9. The SMILES string of the molecule is CC(O)CCCNC(=O)c1ccccc1SC(F)(F)F. The molecule has 1 aromatic carbocycles. The number of alkyl halides is 3. The molecule has 0 aromatic heterocycles. The van der Waals surface area contributed by atoms with Crippen molar-refractivity contribution in [3.8, 4) is 0 Å². The Hall–Kier alpha value is -1.21. The number of amides is 1. The Morgan fingerprint density at radius 3 is 2.65 bits per heavy atom. The topological polar surface area (TPSA) is 49.3 Å². The molecular formula is C13H16F3NO2S. The van der Waals surface area contributed by atoms with E-state index in [-0.39, 0.29) is 22.2 Å². The Labute approximate surface area is 119 Å². The molecule has 0 spiro atoms. The third-order valence-corrected chi connectivity index (χ3v) is 3.25. The van der Waals surface area contributed by atoms with Crippen molar-refractivity contribution in [3.05, 3.63) is 29.8 Å². The van der Waals surface area contributed by atoms with E-state index in [2.05, 4.69) is 5.32 Å². The monoisotopic (exact) mass is 307 g/mol. The molecule has 0 radical (unpaired) electrons. The molecule has 0 aliphatic carbocycles. The van der Waals surface area contributed by atoms with Crippen molar-refractivity contribution in [2.75, 3.05) is 6.54 Å². The Morgan fingerprint density at radius 1 is 1.40 bits per heavy atom. The first-order chi connectivity index (χ1) is 9.29. The fourth-order valence-electron chi connectivity index (χ4n) is 1.56. The van der Waals surface area contributed by atoms with Crippen molar-refractivity contribution in [3.63, 3.8) is 0 Å². The van der Waals surface area contributed by atoms with E-state index >= 15 is 0 Å². The van der Waals surface area contributed by atoms with Gasteiger partial charge in [0.2, 0.25) is 0 Å². The summed E-state index contributed by atoms with van der Waals surface area (Å²) in [5, 5.41) is 11.6. The molecule has 0 aliphatic rings. The first kappa shape index (κ1) is 16.8. The zero-order chi connectivity index (χ0) is 15.2. The van der Waals surface area contributed by atoms with Crippen LogP contribution in [0.2, 0.25) is 0 Å². The number of benzene rings is 1. The number of carbonyl (C=O) groups excluding carboxylic acids is 1. The molecule has 1 aromatic rings. The molecule has 0 fully saturated rings. The Balaban J connectivity index is 2.63. The first-order valence-electron chi connectivity index (χ1n) is 6.10. The van der Waals surface area contributed by atoms with Gasteiger partial charge >= 0.3 is 5.51 Å². The van der Waals surface area contributed by atoms with Crippen molar-refractivity contribution in [1.29, 1.82) is 0 Å². The van der Waals surface area contributed by atoms with Gasteiger partial charge in [-0.1, -0.05) is 12.1 Å². The van der Waals surface area contributed by atoms with E-state index in [1.807, 2.05) is 0 Å². The third-order valence-electron chi connectivity index (χ3n) is 2.44. The van der Waals surface area contributed by atoms with Gasteiger partial charge in [-0.25, -0.2) is 0 Å². The second-order valence-corrected chi connectivity index (χ2v) is 5.40. The minimum absolute atomic E-state index is 0.00636. The van der Waals surface area contributed by atoms with Crippen molar-refractivity contribution in [2.45, 2.75) is 36.3 Å². The largest absolute Gasteiger partial charge is 0.446 e. The minimum Gasteiger partial charge on any atom is -0.393 e. The van der Waals surface area contributed by atoms with Gasteiger partial charge in [0, 0.05) is 11.4 Å². The van der Waals surface area contributed by atoms with E-state index in [0.29, 0.717) is 19.4 Å². The number of carbonyl (C=O) groups is 1. The molecule has 7 heteroatoms. The Kier molecular flexibility index (Phi) is 6.35. The van der Waals surface area contributed by atoms with Crippen LogP contribution in [0.25, 0.3) is 0 Å². The summed E-state index contributed by atoms with van der Waals surface area (Å²) in [4.78, 5) is 11.7. The standard InChI is InChI=1S/C13H16F3NO2S/c1-9(18)5-4-8-17-12(19)10-6-2-3-7-11(10)20-13(14,15)16/h2-3,6-7,9,18H,4-5,8H2,1H3,(H,17,19). The highest BCUT2D eigenvalue weighted by Gasteiger charge is 2.31. The maximum Gasteiger partial charge on any atom is 0.446 e. The zero-order valence-corrected chi connectivity index (χ0v) is 11.7. The van der Waals surface area contributed by atoms with Crippen LogP contribution >= 0.6 is 11.8 Å². The maximum atomic E-state index is 12.4. The quantitative estimate of drug-likeness (QED) is 0.627. The molecule has 1 amide bonds. The van der Waals surface area contributed by atoms with Crippen LogP contribution in [0.15, 0.2) is 29.2 Å². The average molecular weight is 307 g/mol. The van der Waals surface area contributed by atoms with E-state index in [9.17, 15) is 18.0 Å². The summed E-state index contributed by atoms with van der Waals surface area (Å²) in [5.74, 6) is -0.539. The van der Waals surface area contributed by atoms with Crippen LogP contribution in [0.4, 0.5) is 13.2 Å². The molecule has 1 unspecified atom stereocenters. The van der Waals surface area contributed by atoms with Gasteiger partial charge in [0.15, 0.2) is 0 Å². The van der Waals surface area contributed by atoms with E-state index in [1.54, 1.807) is 6.92 Å². The molecule has 0 heterocycles. The summed E-state index contributed by atoms with van der Waals surface area (Å²) >= 11 is -0.301. The van der Waals surface area contributed by atoms with Crippen molar-refractivity contribution >= 4 is 17.7 Å². The average Bonchev–Trinajstić information content (AvgIpc) is 2.33. The van der Waals surface area contributed by atoms with Crippen molar-refractivity contribution in [1.82, 2.24) is 5.32 Å². The van der Waals surface area contributed by atoms with Gasteiger partial charge in [-0.2, -0.15) is 13.2 Å². The summed E-state index contributed by atoms with van der Waals surface area (Å²) in [5.41, 5.74) is -4.42. The molecule has 0 bridgehead atoms. The summed E-state index contributed by atoms with van der Waals surface area (Å²) < 4.78 is 37.2. The number of hydrogen-bond acceptors (Lipinski definition) is 3. The second-order valence-electron chi connectivity index (χ2n) is 4.29. The van der Waals surface area contributed by atoms with Crippen molar-refractivity contribution in [2.24, 2.45) is 0 Å². The number of aliphatic hydroxyl groups is 1. The highest BCUT2D eigenvalue weighted by molar-refractivity contribution is 8.00. The van der Waals surface area contributed by atoms with Gasteiger partial charge < -0.3 is 10.4 Å². The molecule has 3 nitrogen and oxygen atoms in total. The maximum absolute atomic E-state index is 12.4. The van der Waals surface area contributed by atoms with Gasteiger partial charge in [0.1, 0.15) is 0 Å². The fourth-order valence-corrected chi connectivity index (χ4v) is 2.23. The predicted octanol–water partition coefficient (Wildman–Crippen LogP) is 3.19. The second kappa shape index (κ2) is 7.54. The Morgan fingerprint density at radius 2 is 2.05 bits per heavy atom. The summed E-state index contributed by atoms with van der Waals surface area (Å²) in [6, 6.07) is 5.60. The highest BCUT2D eigenvalue weighted by Crippen LogP contribution is 2.38. The lowest BCUT2D eigenvalue weighted by molar-refractivity contribution is -0.0328. The number of halogens is 3. The number of aliphatic hydroxyl groups excluding tert-OH is 1. The van der Waals surface area contributed by atoms with Gasteiger partial charge in [-0.3, -0.25) is 4.79 Å². The smallest absolute Gasteiger partial charge is 0.393 e. The van der Waals surface area contributed by atoms with Crippen LogP contribution in [-0.4, -0.2) is 29.2 Å². The first-order valence-corrected chi connectivity index (χ1v) is 6.92. The molecule has 112 valence electrons. The van der Waals surface area contributed by atoms with Crippen LogP contribution in [0.5, 0.6) is 0 Å². The van der Waals surface area contributed by atoms with Crippen LogP contribution in [0.1, 0.15) is 30.1 Å². The van der Waals surface area contributed by atoms with Gasteiger partial charge in [0.25, 0.3) is 5.91 Å². The van der Waals surface area contributed by atoms with Gasteiger partial charge in [-0.15, -0.1) is 0 Å². The van der Waals surface area contributed by atoms with E-state index in [0.717, 1.165) is 0 Å². The predicted molar refractivity (Wildman–Crippen MR) is 71.6 cm³/mol. The molecule has 0 saturated carbocycles. The van der Waals surface area contributed by atoms with Gasteiger partial charge in [0.05, 0.1) is 11.7 Å². The lowest BCUT2D eigenvalue weighted by Gasteiger charge is -2.11. The molecule has 0 aliphatic heterocycles. The lowest BCUT2D eigenvalue weighted by atomic mass is 10.2.